The quantitative estimate of drug-likeness (QED) is 0.909. The number of rotatable bonds is 2. The SMILES string of the molecule is Cc1cc(Br)c(C(O)c2ccc3c(c2)CCO3)s1. The van der Waals surface area contributed by atoms with Gasteiger partial charge in [0.25, 0.3) is 0 Å². The summed E-state index contributed by atoms with van der Waals surface area (Å²) in [5.41, 5.74) is 2.12. The van der Waals surface area contributed by atoms with Crippen LogP contribution in [-0.2, 0) is 6.42 Å². The number of aryl methyl sites for hydroxylation is 1. The predicted octanol–water partition coefficient (Wildman–Crippen LogP) is 3.84. The lowest BCUT2D eigenvalue weighted by Crippen LogP contribution is -1.98. The normalized spacial score (nSPS) is 15.3. The second-order valence-electron chi connectivity index (χ2n) is 4.44. The second kappa shape index (κ2) is 4.68. The highest BCUT2D eigenvalue weighted by Crippen LogP contribution is 2.37. The molecule has 1 N–H and O–H groups in total. The molecule has 1 aliphatic rings. The fourth-order valence-electron chi connectivity index (χ4n) is 2.22. The predicted molar refractivity (Wildman–Crippen MR) is 76.5 cm³/mol. The summed E-state index contributed by atoms with van der Waals surface area (Å²) in [5.74, 6) is 0.951. The maximum absolute atomic E-state index is 10.5. The lowest BCUT2D eigenvalue weighted by molar-refractivity contribution is 0.223. The summed E-state index contributed by atoms with van der Waals surface area (Å²) in [6.07, 6.45) is 0.365. The van der Waals surface area contributed by atoms with E-state index in [1.807, 2.05) is 25.1 Å². The number of hydrogen-bond acceptors (Lipinski definition) is 3. The Morgan fingerprint density at radius 1 is 1.39 bits per heavy atom. The summed E-state index contributed by atoms with van der Waals surface area (Å²) in [6.45, 7) is 2.79. The van der Waals surface area contributed by atoms with Crippen LogP contribution >= 0.6 is 27.3 Å². The summed E-state index contributed by atoms with van der Waals surface area (Å²) in [5, 5.41) is 10.5. The topological polar surface area (TPSA) is 29.5 Å². The molecule has 0 saturated carbocycles. The largest absolute Gasteiger partial charge is 0.493 e. The lowest BCUT2D eigenvalue weighted by Gasteiger charge is -2.11. The van der Waals surface area contributed by atoms with Crippen molar-refractivity contribution in [2.75, 3.05) is 6.61 Å². The molecule has 2 nitrogen and oxygen atoms in total. The van der Waals surface area contributed by atoms with Gasteiger partial charge >= 0.3 is 0 Å². The first kappa shape index (κ1) is 12.2. The molecule has 2 heterocycles. The Bertz CT molecular complexity index is 591. The smallest absolute Gasteiger partial charge is 0.122 e. The van der Waals surface area contributed by atoms with Crippen molar-refractivity contribution in [1.29, 1.82) is 0 Å². The molecule has 0 spiro atoms. The summed E-state index contributed by atoms with van der Waals surface area (Å²) < 4.78 is 6.46. The van der Waals surface area contributed by atoms with Gasteiger partial charge in [-0.25, -0.2) is 0 Å². The van der Waals surface area contributed by atoms with Crippen LogP contribution in [0.1, 0.15) is 27.0 Å². The molecular weight excluding hydrogens is 312 g/mol. The van der Waals surface area contributed by atoms with Crippen LogP contribution in [0.3, 0.4) is 0 Å². The number of halogens is 1. The third-order valence-corrected chi connectivity index (χ3v) is 5.14. The van der Waals surface area contributed by atoms with Gasteiger partial charge in [0.05, 0.1) is 11.5 Å². The highest BCUT2D eigenvalue weighted by Gasteiger charge is 2.19. The minimum Gasteiger partial charge on any atom is -0.493 e. The molecule has 1 aromatic heterocycles. The third kappa shape index (κ3) is 2.09. The fraction of sp³-hybridized carbons (Fsp3) is 0.286. The first-order valence-corrected chi connectivity index (χ1v) is 7.45. The van der Waals surface area contributed by atoms with E-state index < -0.39 is 6.10 Å². The fourth-order valence-corrected chi connectivity index (χ4v) is 4.10. The van der Waals surface area contributed by atoms with Gasteiger partial charge < -0.3 is 9.84 Å². The molecule has 0 bridgehead atoms. The number of thiophene rings is 1. The van der Waals surface area contributed by atoms with Crippen LogP contribution < -0.4 is 4.74 Å². The Balaban J connectivity index is 1.97. The zero-order valence-electron chi connectivity index (χ0n) is 9.94. The maximum Gasteiger partial charge on any atom is 0.122 e. The molecule has 0 saturated heterocycles. The van der Waals surface area contributed by atoms with E-state index in [-0.39, 0.29) is 0 Å². The van der Waals surface area contributed by atoms with E-state index in [0.717, 1.165) is 33.7 Å². The molecule has 1 aromatic carbocycles. The van der Waals surface area contributed by atoms with E-state index in [9.17, 15) is 5.11 Å². The first-order chi connectivity index (χ1) is 8.65. The number of aliphatic hydroxyl groups excluding tert-OH is 1. The van der Waals surface area contributed by atoms with Crippen LogP contribution in [0.15, 0.2) is 28.7 Å². The third-order valence-electron chi connectivity index (χ3n) is 3.11. The molecule has 1 unspecified atom stereocenters. The number of benzene rings is 1. The molecule has 2 aromatic rings. The summed E-state index contributed by atoms with van der Waals surface area (Å²) in [7, 11) is 0. The van der Waals surface area contributed by atoms with Gasteiger partial charge in [0.2, 0.25) is 0 Å². The van der Waals surface area contributed by atoms with E-state index in [1.165, 1.54) is 10.4 Å². The van der Waals surface area contributed by atoms with E-state index in [4.69, 9.17) is 4.74 Å². The highest BCUT2D eigenvalue weighted by molar-refractivity contribution is 9.10. The summed E-state index contributed by atoms with van der Waals surface area (Å²) in [6, 6.07) is 7.99. The van der Waals surface area contributed by atoms with Crippen molar-refractivity contribution in [2.45, 2.75) is 19.4 Å². The Labute approximate surface area is 118 Å². The lowest BCUT2D eigenvalue weighted by atomic mass is 10.0. The van der Waals surface area contributed by atoms with Gasteiger partial charge in [-0.15, -0.1) is 11.3 Å². The van der Waals surface area contributed by atoms with Gasteiger partial charge in [0.15, 0.2) is 0 Å². The summed E-state index contributed by atoms with van der Waals surface area (Å²) in [4.78, 5) is 2.16. The van der Waals surface area contributed by atoms with Crippen LogP contribution in [0.5, 0.6) is 5.75 Å². The van der Waals surface area contributed by atoms with Crippen LogP contribution in [-0.4, -0.2) is 11.7 Å². The van der Waals surface area contributed by atoms with E-state index in [1.54, 1.807) is 11.3 Å². The van der Waals surface area contributed by atoms with E-state index in [2.05, 4.69) is 22.0 Å². The van der Waals surface area contributed by atoms with Crippen LogP contribution in [0.4, 0.5) is 0 Å². The van der Waals surface area contributed by atoms with Crippen molar-refractivity contribution in [3.63, 3.8) is 0 Å². The highest BCUT2D eigenvalue weighted by atomic mass is 79.9. The van der Waals surface area contributed by atoms with Crippen molar-refractivity contribution >= 4 is 27.3 Å². The number of ether oxygens (including phenoxy) is 1. The minimum atomic E-state index is -0.566. The van der Waals surface area contributed by atoms with Crippen molar-refractivity contribution < 1.29 is 9.84 Å². The molecule has 4 heteroatoms. The van der Waals surface area contributed by atoms with Gasteiger partial charge in [0.1, 0.15) is 11.9 Å². The Morgan fingerprint density at radius 2 is 2.22 bits per heavy atom. The van der Waals surface area contributed by atoms with Gasteiger partial charge in [0, 0.05) is 15.8 Å². The minimum absolute atomic E-state index is 0.566. The Kier molecular flexibility index (Phi) is 3.18. The molecule has 94 valence electrons. The first-order valence-electron chi connectivity index (χ1n) is 5.84. The summed E-state index contributed by atoms with van der Waals surface area (Å²) >= 11 is 5.13. The van der Waals surface area contributed by atoms with E-state index >= 15 is 0 Å². The van der Waals surface area contributed by atoms with Crippen LogP contribution in [0, 0.1) is 6.92 Å². The monoisotopic (exact) mass is 324 g/mol. The molecule has 0 fully saturated rings. The molecular formula is C14H13BrO2S. The molecule has 18 heavy (non-hydrogen) atoms. The Hall–Kier alpha value is -0.840. The van der Waals surface area contributed by atoms with Crippen molar-refractivity contribution in [3.05, 3.63) is 49.6 Å². The molecule has 3 rings (SSSR count). The molecule has 0 radical (unpaired) electrons. The molecule has 0 amide bonds. The van der Waals surface area contributed by atoms with Crippen molar-refractivity contribution in [3.8, 4) is 5.75 Å². The van der Waals surface area contributed by atoms with Crippen LogP contribution in [0.2, 0.25) is 0 Å². The standard InChI is InChI=1S/C14H13BrO2S/c1-8-6-11(15)14(18-8)13(16)10-2-3-12-9(7-10)4-5-17-12/h2-3,6-7,13,16H,4-5H2,1H3. The molecule has 0 aliphatic carbocycles. The van der Waals surface area contributed by atoms with Gasteiger partial charge in [-0.2, -0.15) is 0 Å². The van der Waals surface area contributed by atoms with Crippen LogP contribution in [0.25, 0.3) is 0 Å². The zero-order chi connectivity index (χ0) is 12.7. The number of aliphatic hydroxyl groups is 1. The van der Waals surface area contributed by atoms with E-state index in [0.29, 0.717) is 0 Å². The number of hydrogen-bond donors (Lipinski definition) is 1. The second-order valence-corrected chi connectivity index (χ2v) is 6.58. The van der Waals surface area contributed by atoms with Gasteiger partial charge in [-0.1, -0.05) is 6.07 Å². The van der Waals surface area contributed by atoms with Crippen molar-refractivity contribution in [2.24, 2.45) is 0 Å². The Morgan fingerprint density at radius 3 is 2.94 bits per heavy atom. The van der Waals surface area contributed by atoms with Gasteiger partial charge in [-0.05, 0) is 52.2 Å². The maximum atomic E-state index is 10.5. The molecule has 1 atom stereocenters. The van der Waals surface area contributed by atoms with Crippen molar-refractivity contribution in [1.82, 2.24) is 0 Å². The number of fused-ring (bicyclic) bond motifs is 1. The average molecular weight is 325 g/mol. The molecule has 1 aliphatic heterocycles. The average Bonchev–Trinajstić information content (AvgIpc) is 2.93. The zero-order valence-corrected chi connectivity index (χ0v) is 12.3. The van der Waals surface area contributed by atoms with Gasteiger partial charge in [-0.3, -0.25) is 0 Å².